The van der Waals surface area contributed by atoms with E-state index in [0.717, 1.165) is 5.56 Å². The van der Waals surface area contributed by atoms with E-state index in [2.05, 4.69) is 0 Å². The van der Waals surface area contributed by atoms with E-state index in [1.807, 2.05) is 45.0 Å². The van der Waals surface area contributed by atoms with Crippen molar-refractivity contribution in [1.82, 2.24) is 4.90 Å². The topological polar surface area (TPSA) is 55.6 Å². The van der Waals surface area contributed by atoms with Crippen molar-refractivity contribution in [3.8, 4) is 5.75 Å². The maximum atomic E-state index is 11.8. The highest BCUT2D eigenvalue weighted by Crippen LogP contribution is 2.23. The monoisotopic (exact) mass is 250 g/mol. The van der Waals surface area contributed by atoms with E-state index in [1.54, 1.807) is 11.9 Å². The molecule has 1 atom stereocenters. The van der Waals surface area contributed by atoms with Gasteiger partial charge in [0.2, 0.25) is 0 Å². The zero-order valence-electron chi connectivity index (χ0n) is 11.5. The first kappa shape index (κ1) is 14.5. The van der Waals surface area contributed by atoms with Crippen LogP contribution in [0, 0.1) is 0 Å². The smallest absolute Gasteiger partial charge is 0.260 e. The number of para-hydroxylation sites is 1. The number of ether oxygens (including phenoxy) is 1. The number of amides is 1. The molecule has 0 spiro atoms. The maximum absolute atomic E-state index is 11.8. The quantitative estimate of drug-likeness (QED) is 0.869. The molecule has 100 valence electrons. The van der Waals surface area contributed by atoms with Crippen molar-refractivity contribution in [3.63, 3.8) is 0 Å². The van der Waals surface area contributed by atoms with Gasteiger partial charge in [0, 0.05) is 24.7 Å². The lowest BCUT2D eigenvalue weighted by Crippen LogP contribution is -2.36. The first-order chi connectivity index (χ1) is 8.43. The highest BCUT2D eigenvalue weighted by atomic mass is 16.5. The average molecular weight is 250 g/mol. The number of carbonyl (C=O) groups is 1. The van der Waals surface area contributed by atoms with Crippen LogP contribution in [-0.2, 0) is 4.79 Å². The van der Waals surface area contributed by atoms with Crippen molar-refractivity contribution in [2.24, 2.45) is 5.73 Å². The van der Waals surface area contributed by atoms with Crippen LogP contribution < -0.4 is 10.5 Å². The number of nitrogens with two attached hydrogens (primary N) is 1. The number of hydrogen-bond acceptors (Lipinski definition) is 3. The zero-order valence-corrected chi connectivity index (χ0v) is 11.5. The highest BCUT2D eigenvalue weighted by molar-refractivity contribution is 5.77. The van der Waals surface area contributed by atoms with E-state index >= 15 is 0 Å². The van der Waals surface area contributed by atoms with Gasteiger partial charge in [-0.05, 0) is 26.8 Å². The van der Waals surface area contributed by atoms with Gasteiger partial charge < -0.3 is 15.4 Å². The summed E-state index contributed by atoms with van der Waals surface area (Å²) in [5.74, 6) is 0.641. The van der Waals surface area contributed by atoms with Crippen LogP contribution in [0.2, 0.25) is 0 Å². The van der Waals surface area contributed by atoms with Gasteiger partial charge in [0.25, 0.3) is 5.91 Å². The predicted molar refractivity (Wildman–Crippen MR) is 72.4 cm³/mol. The third-order valence-electron chi connectivity index (χ3n) is 2.93. The van der Waals surface area contributed by atoms with Gasteiger partial charge in [-0.25, -0.2) is 0 Å². The number of benzene rings is 1. The molecular formula is C14H22N2O2. The molecule has 1 aromatic carbocycles. The molecule has 1 amide bonds. The molecule has 0 aliphatic rings. The summed E-state index contributed by atoms with van der Waals surface area (Å²) in [5.41, 5.74) is 6.77. The van der Waals surface area contributed by atoms with Crippen LogP contribution in [0.25, 0.3) is 0 Å². The van der Waals surface area contributed by atoms with E-state index in [1.165, 1.54) is 0 Å². The van der Waals surface area contributed by atoms with E-state index in [-0.39, 0.29) is 24.6 Å². The Morgan fingerprint density at radius 3 is 2.50 bits per heavy atom. The zero-order chi connectivity index (χ0) is 13.7. The Labute approximate surface area is 109 Å². The minimum absolute atomic E-state index is 0.0375. The minimum Gasteiger partial charge on any atom is -0.483 e. The lowest BCUT2D eigenvalue weighted by atomic mass is 10.1. The van der Waals surface area contributed by atoms with Crippen molar-refractivity contribution in [3.05, 3.63) is 29.8 Å². The summed E-state index contributed by atoms with van der Waals surface area (Å²) < 4.78 is 5.56. The number of carbonyl (C=O) groups excluding carboxylic acids is 1. The van der Waals surface area contributed by atoms with Crippen LogP contribution in [0.5, 0.6) is 5.75 Å². The molecule has 0 heterocycles. The van der Waals surface area contributed by atoms with Crippen LogP contribution in [-0.4, -0.2) is 30.5 Å². The third kappa shape index (κ3) is 3.74. The van der Waals surface area contributed by atoms with Crippen LogP contribution in [0.4, 0.5) is 0 Å². The molecule has 0 fully saturated rings. The van der Waals surface area contributed by atoms with E-state index in [0.29, 0.717) is 5.75 Å². The van der Waals surface area contributed by atoms with Gasteiger partial charge >= 0.3 is 0 Å². The Morgan fingerprint density at radius 1 is 1.33 bits per heavy atom. The van der Waals surface area contributed by atoms with Crippen molar-refractivity contribution in [1.29, 1.82) is 0 Å². The largest absolute Gasteiger partial charge is 0.483 e. The van der Waals surface area contributed by atoms with E-state index < -0.39 is 0 Å². The Balaban J connectivity index is 2.67. The first-order valence-electron chi connectivity index (χ1n) is 6.16. The molecule has 0 bridgehead atoms. The molecule has 1 aromatic rings. The molecule has 4 nitrogen and oxygen atoms in total. The van der Waals surface area contributed by atoms with Gasteiger partial charge in [-0.1, -0.05) is 18.2 Å². The van der Waals surface area contributed by atoms with Gasteiger partial charge in [0.05, 0.1) is 0 Å². The molecule has 0 aromatic heterocycles. The number of likely N-dealkylation sites (N-methyl/N-ethyl adjacent to an activating group) is 1. The molecule has 0 saturated heterocycles. The number of rotatable bonds is 5. The molecule has 0 aliphatic heterocycles. The summed E-state index contributed by atoms with van der Waals surface area (Å²) in [4.78, 5) is 13.5. The van der Waals surface area contributed by atoms with Gasteiger partial charge in [-0.3, -0.25) is 4.79 Å². The second kappa shape index (κ2) is 6.40. The van der Waals surface area contributed by atoms with Gasteiger partial charge in [0.1, 0.15) is 5.75 Å². The van der Waals surface area contributed by atoms with Gasteiger partial charge in [0.15, 0.2) is 6.61 Å². The molecule has 4 heteroatoms. The fourth-order valence-corrected chi connectivity index (χ4v) is 1.52. The molecule has 18 heavy (non-hydrogen) atoms. The molecule has 0 aliphatic carbocycles. The fraction of sp³-hybridized carbons (Fsp3) is 0.500. The van der Waals surface area contributed by atoms with E-state index in [4.69, 9.17) is 10.5 Å². The normalized spacial score (nSPS) is 12.3. The molecule has 0 unspecified atom stereocenters. The molecule has 0 radical (unpaired) electrons. The summed E-state index contributed by atoms with van der Waals surface area (Å²) >= 11 is 0. The molecule has 1 rings (SSSR count). The predicted octanol–water partition coefficient (Wildman–Crippen LogP) is 1.95. The Morgan fingerprint density at radius 2 is 1.94 bits per heavy atom. The van der Waals surface area contributed by atoms with Crippen LogP contribution in [0.3, 0.4) is 0 Å². The third-order valence-corrected chi connectivity index (χ3v) is 2.93. The SMILES string of the molecule is CC(C)N(C)C(=O)COc1ccccc1[C@H](C)N. The lowest BCUT2D eigenvalue weighted by molar-refractivity contribution is -0.133. The summed E-state index contributed by atoms with van der Waals surface area (Å²) in [6.45, 7) is 5.87. The molecular weight excluding hydrogens is 228 g/mol. The minimum atomic E-state index is -0.112. The van der Waals surface area contributed by atoms with Crippen LogP contribution in [0.1, 0.15) is 32.4 Å². The second-order valence-electron chi connectivity index (χ2n) is 4.71. The van der Waals surface area contributed by atoms with Crippen molar-refractivity contribution in [2.45, 2.75) is 32.9 Å². The summed E-state index contributed by atoms with van der Waals surface area (Å²) in [6.07, 6.45) is 0. The molecule has 0 saturated carbocycles. The maximum Gasteiger partial charge on any atom is 0.260 e. The highest BCUT2D eigenvalue weighted by Gasteiger charge is 2.14. The van der Waals surface area contributed by atoms with Crippen molar-refractivity contribution in [2.75, 3.05) is 13.7 Å². The Hall–Kier alpha value is -1.55. The number of hydrogen-bond donors (Lipinski definition) is 1. The average Bonchev–Trinajstić information content (AvgIpc) is 2.35. The second-order valence-corrected chi connectivity index (χ2v) is 4.71. The van der Waals surface area contributed by atoms with Gasteiger partial charge in [-0.2, -0.15) is 0 Å². The standard InChI is InChI=1S/C14H22N2O2/c1-10(2)16(4)14(17)9-18-13-8-6-5-7-12(13)11(3)15/h5-8,10-11H,9,15H2,1-4H3/t11-/m0/s1. The Kier molecular flexibility index (Phi) is 5.16. The first-order valence-corrected chi connectivity index (χ1v) is 6.16. The summed E-state index contributed by atoms with van der Waals surface area (Å²) in [7, 11) is 1.77. The number of nitrogens with zero attached hydrogens (tertiary/aromatic N) is 1. The lowest BCUT2D eigenvalue weighted by Gasteiger charge is -2.22. The summed E-state index contributed by atoms with van der Waals surface area (Å²) in [5, 5.41) is 0. The van der Waals surface area contributed by atoms with Crippen molar-refractivity contribution >= 4 is 5.91 Å². The molecule has 2 N–H and O–H groups in total. The van der Waals surface area contributed by atoms with E-state index in [9.17, 15) is 4.79 Å². The van der Waals surface area contributed by atoms with Crippen LogP contribution >= 0.6 is 0 Å². The summed E-state index contributed by atoms with van der Waals surface area (Å²) in [6, 6.07) is 7.59. The fourth-order valence-electron chi connectivity index (χ4n) is 1.52. The Bertz CT molecular complexity index is 403. The van der Waals surface area contributed by atoms with Crippen molar-refractivity contribution < 1.29 is 9.53 Å². The van der Waals surface area contributed by atoms with Crippen LogP contribution in [0.15, 0.2) is 24.3 Å². The van der Waals surface area contributed by atoms with Gasteiger partial charge in [-0.15, -0.1) is 0 Å².